The average Bonchev–Trinajstić information content (AvgIpc) is 2.72. The molecule has 28 heavy (non-hydrogen) atoms. The summed E-state index contributed by atoms with van der Waals surface area (Å²) in [6.45, 7) is -0.292. The highest BCUT2D eigenvalue weighted by atomic mass is 79.9. The number of aliphatic hydroxyl groups is 1. The molecule has 2 N–H and O–H groups in total. The number of anilines is 1. The van der Waals surface area contributed by atoms with E-state index in [-0.39, 0.29) is 29.2 Å². The summed E-state index contributed by atoms with van der Waals surface area (Å²) in [5.74, 6) is 0.266. The second kappa shape index (κ2) is 9.95. The van der Waals surface area contributed by atoms with Crippen molar-refractivity contribution in [1.82, 2.24) is 0 Å². The summed E-state index contributed by atoms with van der Waals surface area (Å²) in [6, 6.07) is 7.46. The number of halogens is 1. The zero-order valence-corrected chi connectivity index (χ0v) is 17.2. The van der Waals surface area contributed by atoms with Crippen molar-refractivity contribution >= 4 is 33.5 Å². The van der Waals surface area contributed by atoms with E-state index in [0.29, 0.717) is 28.5 Å². The highest BCUT2D eigenvalue weighted by Crippen LogP contribution is 2.41. The van der Waals surface area contributed by atoms with Gasteiger partial charge in [-0.05, 0) is 12.1 Å². The van der Waals surface area contributed by atoms with Gasteiger partial charge in [-0.25, -0.2) is 4.79 Å². The average molecular weight is 454 g/mol. The third-order valence-corrected chi connectivity index (χ3v) is 4.27. The fourth-order valence-corrected chi connectivity index (χ4v) is 2.56. The quantitative estimate of drug-likeness (QED) is 0.359. The largest absolute Gasteiger partial charge is 0.493 e. The number of benzene rings is 2. The SMILES string of the molecule is COc1cc(OC(=O)c2ccc(CO)c(NC(=O)CBr)c2)cc(OC)c1OC. The Morgan fingerprint density at radius 1 is 1.04 bits per heavy atom. The van der Waals surface area contributed by atoms with Crippen LogP contribution in [0.15, 0.2) is 30.3 Å². The first-order chi connectivity index (χ1) is 13.5. The molecule has 0 aliphatic heterocycles. The molecular weight excluding hydrogens is 434 g/mol. The van der Waals surface area contributed by atoms with Crippen molar-refractivity contribution in [3.8, 4) is 23.0 Å². The third kappa shape index (κ3) is 4.93. The van der Waals surface area contributed by atoms with Crippen LogP contribution in [0.1, 0.15) is 15.9 Å². The minimum absolute atomic E-state index is 0.0813. The van der Waals surface area contributed by atoms with E-state index in [0.717, 1.165) is 0 Å². The molecule has 0 saturated heterocycles. The molecule has 0 aliphatic rings. The molecule has 0 bridgehead atoms. The molecule has 2 aromatic rings. The van der Waals surface area contributed by atoms with Gasteiger partial charge in [0.15, 0.2) is 11.5 Å². The first-order valence-electron chi connectivity index (χ1n) is 8.09. The monoisotopic (exact) mass is 453 g/mol. The van der Waals surface area contributed by atoms with Crippen molar-refractivity contribution < 1.29 is 33.6 Å². The van der Waals surface area contributed by atoms with Crippen molar-refractivity contribution in [3.05, 3.63) is 41.5 Å². The smallest absolute Gasteiger partial charge is 0.343 e. The first-order valence-corrected chi connectivity index (χ1v) is 9.21. The number of hydrogen-bond acceptors (Lipinski definition) is 7. The Kier molecular flexibility index (Phi) is 7.65. The number of nitrogens with one attached hydrogen (secondary N) is 1. The van der Waals surface area contributed by atoms with E-state index in [1.807, 2.05) is 0 Å². The molecule has 0 heterocycles. The Labute approximate surface area is 170 Å². The number of alkyl halides is 1. The van der Waals surface area contributed by atoms with Gasteiger partial charge in [0.05, 0.1) is 38.8 Å². The highest BCUT2D eigenvalue weighted by molar-refractivity contribution is 9.09. The van der Waals surface area contributed by atoms with Crippen LogP contribution in [-0.4, -0.2) is 43.6 Å². The standard InChI is InChI=1S/C19H20BrNO7/c1-25-15-7-13(8-16(26-2)18(15)27-3)28-19(24)11-4-5-12(10-22)14(6-11)21-17(23)9-20/h4-8,22H,9-10H2,1-3H3,(H,21,23). The van der Waals surface area contributed by atoms with E-state index >= 15 is 0 Å². The van der Waals surface area contributed by atoms with Crippen LogP contribution in [0.5, 0.6) is 23.0 Å². The van der Waals surface area contributed by atoms with Gasteiger partial charge in [-0.15, -0.1) is 0 Å². The van der Waals surface area contributed by atoms with Crippen molar-refractivity contribution in [3.63, 3.8) is 0 Å². The van der Waals surface area contributed by atoms with Crippen LogP contribution >= 0.6 is 15.9 Å². The number of aliphatic hydroxyl groups excluding tert-OH is 1. The summed E-state index contributed by atoms with van der Waals surface area (Å²) in [5, 5.41) is 12.1. The van der Waals surface area contributed by atoms with Crippen molar-refractivity contribution in [2.24, 2.45) is 0 Å². The van der Waals surface area contributed by atoms with Crippen LogP contribution in [0, 0.1) is 0 Å². The van der Waals surface area contributed by atoms with E-state index in [4.69, 9.17) is 18.9 Å². The minimum Gasteiger partial charge on any atom is -0.493 e. The number of ether oxygens (including phenoxy) is 4. The maximum atomic E-state index is 12.6. The minimum atomic E-state index is -0.659. The van der Waals surface area contributed by atoms with Crippen molar-refractivity contribution in [2.45, 2.75) is 6.61 Å². The number of carbonyl (C=O) groups is 2. The fraction of sp³-hybridized carbons (Fsp3) is 0.263. The van der Waals surface area contributed by atoms with Gasteiger partial charge in [-0.1, -0.05) is 22.0 Å². The van der Waals surface area contributed by atoms with E-state index in [2.05, 4.69) is 21.2 Å². The molecule has 0 fully saturated rings. The van der Waals surface area contributed by atoms with Gasteiger partial charge < -0.3 is 29.4 Å². The van der Waals surface area contributed by atoms with Gasteiger partial charge in [0.1, 0.15) is 5.75 Å². The van der Waals surface area contributed by atoms with Crippen LogP contribution in [0.25, 0.3) is 0 Å². The molecule has 0 aromatic heterocycles. The summed E-state index contributed by atoms with van der Waals surface area (Å²) in [6.07, 6.45) is 0. The molecule has 0 spiro atoms. The predicted octanol–water partition coefficient (Wildman–Crippen LogP) is 2.76. The van der Waals surface area contributed by atoms with Gasteiger partial charge in [-0.2, -0.15) is 0 Å². The number of rotatable bonds is 8. The molecule has 0 radical (unpaired) electrons. The first kappa shape index (κ1) is 21.5. The molecular formula is C19H20BrNO7. The normalized spacial score (nSPS) is 10.2. The highest BCUT2D eigenvalue weighted by Gasteiger charge is 2.18. The molecule has 8 nitrogen and oxygen atoms in total. The lowest BCUT2D eigenvalue weighted by atomic mass is 10.1. The van der Waals surface area contributed by atoms with E-state index < -0.39 is 5.97 Å². The van der Waals surface area contributed by atoms with Gasteiger partial charge in [0.2, 0.25) is 11.7 Å². The lowest BCUT2D eigenvalue weighted by molar-refractivity contribution is -0.113. The van der Waals surface area contributed by atoms with Crippen molar-refractivity contribution in [1.29, 1.82) is 0 Å². The number of carbonyl (C=O) groups excluding carboxylic acids is 2. The van der Waals surface area contributed by atoms with Crippen LogP contribution in [0.4, 0.5) is 5.69 Å². The van der Waals surface area contributed by atoms with Gasteiger partial charge in [-0.3, -0.25) is 4.79 Å². The van der Waals surface area contributed by atoms with E-state index in [1.165, 1.54) is 51.7 Å². The Balaban J connectivity index is 2.32. The van der Waals surface area contributed by atoms with Gasteiger partial charge in [0, 0.05) is 23.4 Å². The van der Waals surface area contributed by atoms with Crippen LogP contribution in [-0.2, 0) is 11.4 Å². The van der Waals surface area contributed by atoms with Gasteiger partial charge >= 0.3 is 5.97 Å². The molecule has 2 aromatic carbocycles. The van der Waals surface area contributed by atoms with Crippen LogP contribution in [0.3, 0.4) is 0 Å². The third-order valence-electron chi connectivity index (χ3n) is 3.76. The summed E-state index contributed by atoms with van der Waals surface area (Å²) < 4.78 is 21.1. The number of amides is 1. The topological polar surface area (TPSA) is 103 Å². The number of methoxy groups -OCH3 is 3. The zero-order chi connectivity index (χ0) is 20.7. The summed E-state index contributed by atoms with van der Waals surface area (Å²) in [5.41, 5.74) is 0.987. The predicted molar refractivity (Wildman–Crippen MR) is 106 cm³/mol. The Morgan fingerprint density at radius 3 is 2.18 bits per heavy atom. The Hall–Kier alpha value is -2.78. The van der Waals surface area contributed by atoms with Crippen molar-refractivity contribution in [2.75, 3.05) is 32.0 Å². The molecule has 1 amide bonds. The van der Waals surface area contributed by atoms with Crippen LogP contribution < -0.4 is 24.3 Å². The molecule has 0 aliphatic carbocycles. The lowest BCUT2D eigenvalue weighted by Gasteiger charge is -2.14. The molecule has 0 unspecified atom stereocenters. The van der Waals surface area contributed by atoms with Gasteiger partial charge in [0.25, 0.3) is 0 Å². The van der Waals surface area contributed by atoms with E-state index in [1.54, 1.807) is 0 Å². The molecule has 0 saturated carbocycles. The van der Waals surface area contributed by atoms with Crippen LogP contribution in [0.2, 0.25) is 0 Å². The summed E-state index contributed by atoms with van der Waals surface area (Å²) >= 11 is 3.05. The molecule has 0 atom stereocenters. The Bertz CT molecular complexity index is 844. The lowest BCUT2D eigenvalue weighted by Crippen LogP contribution is -2.15. The fourth-order valence-electron chi connectivity index (χ4n) is 2.42. The summed E-state index contributed by atoms with van der Waals surface area (Å²) in [7, 11) is 4.38. The maximum Gasteiger partial charge on any atom is 0.343 e. The maximum absolute atomic E-state index is 12.6. The Morgan fingerprint density at radius 2 is 1.68 bits per heavy atom. The molecule has 2 rings (SSSR count). The second-order valence-corrected chi connectivity index (χ2v) is 6.02. The van der Waals surface area contributed by atoms with E-state index in [9.17, 15) is 14.7 Å². The summed E-state index contributed by atoms with van der Waals surface area (Å²) in [4.78, 5) is 24.2. The second-order valence-electron chi connectivity index (χ2n) is 5.46. The number of hydrogen-bond donors (Lipinski definition) is 2. The number of esters is 1. The molecule has 9 heteroatoms. The molecule has 150 valence electrons. The zero-order valence-electron chi connectivity index (χ0n) is 15.6.